The van der Waals surface area contributed by atoms with Gasteiger partial charge in [0, 0.05) is 4.47 Å². The lowest BCUT2D eigenvalue weighted by molar-refractivity contribution is 0.415. The minimum absolute atomic E-state index is 0.177. The second kappa shape index (κ2) is 6.98. The fraction of sp³-hybridized carbons (Fsp3) is 0.125. The standard InChI is InChI=1S/C16H16BrNO3S/c1-3-12-18(13-8-10-14(21-2)11-9-13)22(19,20)16-7-5-4-6-15(16)17/h3-11H,1,12H2,2H3. The first kappa shape index (κ1) is 16.6. The summed E-state index contributed by atoms with van der Waals surface area (Å²) in [4.78, 5) is 0.215. The Hall–Kier alpha value is -1.79. The van der Waals surface area contributed by atoms with Gasteiger partial charge in [-0.05, 0) is 52.3 Å². The van der Waals surface area contributed by atoms with E-state index in [0.717, 1.165) is 0 Å². The molecule has 0 aliphatic heterocycles. The number of benzene rings is 2. The molecule has 0 saturated heterocycles. The second-order valence-electron chi connectivity index (χ2n) is 4.45. The minimum Gasteiger partial charge on any atom is -0.497 e. The van der Waals surface area contributed by atoms with Gasteiger partial charge in [0.1, 0.15) is 10.6 Å². The molecule has 2 aromatic carbocycles. The molecule has 0 aliphatic rings. The Morgan fingerprint density at radius 3 is 2.36 bits per heavy atom. The Morgan fingerprint density at radius 2 is 1.82 bits per heavy atom. The van der Waals surface area contributed by atoms with Crippen LogP contribution in [0.5, 0.6) is 5.75 Å². The number of hydrogen-bond acceptors (Lipinski definition) is 3. The molecule has 0 aromatic heterocycles. The molecular formula is C16H16BrNO3S. The molecule has 0 amide bonds. The van der Waals surface area contributed by atoms with Crippen molar-refractivity contribution >= 4 is 31.6 Å². The zero-order chi connectivity index (χ0) is 16.2. The number of rotatable bonds is 6. The number of hydrogen-bond donors (Lipinski definition) is 0. The molecule has 0 heterocycles. The van der Waals surface area contributed by atoms with Crippen LogP contribution in [0.3, 0.4) is 0 Å². The summed E-state index contributed by atoms with van der Waals surface area (Å²) in [5, 5.41) is 0. The fourth-order valence-electron chi connectivity index (χ4n) is 1.98. The van der Waals surface area contributed by atoms with Crippen LogP contribution in [-0.4, -0.2) is 22.1 Å². The van der Waals surface area contributed by atoms with Crippen LogP contribution in [0.2, 0.25) is 0 Å². The predicted molar refractivity (Wildman–Crippen MR) is 91.9 cm³/mol. The lowest BCUT2D eigenvalue weighted by atomic mass is 10.3. The Kier molecular flexibility index (Phi) is 5.26. The van der Waals surface area contributed by atoms with Gasteiger partial charge in [0.2, 0.25) is 0 Å². The smallest absolute Gasteiger partial charge is 0.265 e. The number of sulfonamides is 1. The Balaban J connectivity index is 2.50. The van der Waals surface area contributed by atoms with Crippen molar-refractivity contribution in [1.82, 2.24) is 0 Å². The van der Waals surface area contributed by atoms with Crippen LogP contribution >= 0.6 is 15.9 Å². The third-order valence-corrected chi connectivity index (χ3v) is 5.87. The van der Waals surface area contributed by atoms with Crippen LogP contribution < -0.4 is 9.04 Å². The molecule has 2 rings (SSSR count). The SMILES string of the molecule is C=CCN(c1ccc(OC)cc1)S(=O)(=O)c1ccccc1Br. The van der Waals surface area contributed by atoms with E-state index in [1.165, 1.54) is 4.31 Å². The molecule has 0 spiro atoms. The van der Waals surface area contributed by atoms with Crippen molar-refractivity contribution < 1.29 is 13.2 Å². The lowest BCUT2D eigenvalue weighted by Gasteiger charge is -2.23. The molecule has 0 fully saturated rings. The predicted octanol–water partition coefficient (Wildman–Crippen LogP) is 3.84. The number of anilines is 1. The van der Waals surface area contributed by atoms with Gasteiger partial charge in [-0.25, -0.2) is 8.42 Å². The van der Waals surface area contributed by atoms with E-state index in [1.54, 1.807) is 61.7 Å². The zero-order valence-electron chi connectivity index (χ0n) is 12.1. The first-order valence-electron chi connectivity index (χ1n) is 6.53. The number of ether oxygens (including phenoxy) is 1. The van der Waals surface area contributed by atoms with Crippen molar-refractivity contribution in [2.45, 2.75) is 4.90 Å². The molecule has 22 heavy (non-hydrogen) atoms. The Labute approximate surface area is 139 Å². The maximum absolute atomic E-state index is 12.9. The summed E-state index contributed by atoms with van der Waals surface area (Å²) in [6.07, 6.45) is 1.55. The maximum atomic E-state index is 12.9. The van der Waals surface area contributed by atoms with Gasteiger partial charge in [-0.1, -0.05) is 18.2 Å². The van der Waals surface area contributed by atoms with E-state index >= 15 is 0 Å². The van der Waals surface area contributed by atoms with Gasteiger partial charge < -0.3 is 4.74 Å². The van der Waals surface area contributed by atoms with Crippen LogP contribution in [0.25, 0.3) is 0 Å². The van der Waals surface area contributed by atoms with Crippen molar-refractivity contribution in [2.75, 3.05) is 18.0 Å². The molecule has 0 atom stereocenters. The number of halogens is 1. The summed E-state index contributed by atoms with van der Waals surface area (Å²) in [7, 11) is -2.13. The lowest BCUT2D eigenvalue weighted by Crippen LogP contribution is -2.31. The van der Waals surface area contributed by atoms with E-state index in [1.807, 2.05) is 0 Å². The maximum Gasteiger partial charge on any atom is 0.265 e. The van der Waals surface area contributed by atoms with Crippen LogP contribution in [-0.2, 0) is 10.0 Å². The van der Waals surface area contributed by atoms with Gasteiger partial charge in [-0.3, -0.25) is 4.31 Å². The van der Waals surface area contributed by atoms with Crippen molar-refractivity contribution in [3.63, 3.8) is 0 Å². The number of nitrogens with zero attached hydrogens (tertiary/aromatic N) is 1. The van der Waals surface area contributed by atoms with E-state index in [0.29, 0.717) is 15.9 Å². The van der Waals surface area contributed by atoms with Crippen molar-refractivity contribution in [1.29, 1.82) is 0 Å². The molecular weight excluding hydrogens is 366 g/mol. The first-order chi connectivity index (χ1) is 10.5. The van der Waals surface area contributed by atoms with Gasteiger partial charge in [0.05, 0.1) is 19.3 Å². The van der Waals surface area contributed by atoms with Gasteiger partial charge in [-0.15, -0.1) is 6.58 Å². The highest BCUT2D eigenvalue weighted by Gasteiger charge is 2.25. The van der Waals surface area contributed by atoms with E-state index in [-0.39, 0.29) is 11.4 Å². The number of methoxy groups -OCH3 is 1. The normalized spacial score (nSPS) is 11.0. The molecule has 0 radical (unpaired) electrons. The Morgan fingerprint density at radius 1 is 1.18 bits per heavy atom. The first-order valence-corrected chi connectivity index (χ1v) is 8.76. The molecule has 0 saturated carbocycles. The van der Waals surface area contributed by atoms with E-state index < -0.39 is 10.0 Å². The van der Waals surface area contributed by atoms with Gasteiger partial charge in [0.15, 0.2) is 0 Å². The van der Waals surface area contributed by atoms with Crippen molar-refractivity contribution in [2.24, 2.45) is 0 Å². The summed E-state index contributed by atoms with van der Waals surface area (Å²) in [6.45, 7) is 3.82. The van der Waals surface area contributed by atoms with Crippen molar-refractivity contribution in [3.05, 3.63) is 65.7 Å². The summed E-state index contributed by atoms with van der Waals surface area (Å²) < 4.78 is 32.8. The summed E-state index contributed by atoms with van der Waals surface area (Å²) in [6, 6.07) is 13.6. The quantitative estimate of drug-likeness (QED) is 0.714. The van der Waals surface area contributed by atoms with E-state index in [9.17, 15) is 8.42 Å². The summed E-state index contributed by atoms with van der Waals surface area (Å²) in [5.41, 5.74) is 0.552. The Bertz CT molecular complexity index is 757. The molecule has 6 heteroatoms. The topological polar surface area (TPSA) is 46.6 Å². The van der Waals surface area contributed by atoms with Crippen molar-refractivity contribution in [3.8, 4) is 5.75 Å². The van der Waals surface area contributed by atoms with Gasteiger partial charge in [0.25, 0.3) is 10.0 Å². The molecule has 0 bridgehead atoms. The van der Waals surface area contributed by atoms with Crippen LogP contribution in [0.1, 0.15) is 0 Å². The molecule has 0 unspecified atom stereocenters. The molecule has 0 N–H and O–H groups in total. The van der Waals surface area contributed by atoms with Gasteiger partial charge in [-0.2, -0.15) is 0 Å². The molecule has 2 aromatic rings. The summed E-state index contributed by atoms with van der Waals surface area (Å²) in [5.74, 6) is 0.667. The average Bonchev–Trinajstić information content (AvgIpc) is 2.53. The van der Waals surface area contributed by atoms with E-state index in [4.69, 9.17) is 4.74 Å². The monoisotopic (exact) mass is 381 g/mol. The molecule has 4 nitrogen and oxygen atoms in total. The molecule has 0 aliphatic carbocycles. The highest BCUT2D eigenvalue weighted by Crippen LogP contribution is 2.29. The molecule has 116 valence electrons. The average molecular weight is 382 g/mol. The van der Waals surface area contributed by atoms with Crippen LogP contribution in [0, 0.1) is 0 Å². The van der Waals surface area contributed by atoms with E-state index in [2.05, 4.69) is 22.5 Å². The van der Waals surface area contributed by atoms with Crippen LogP contribution in [0.15, 0.2) is 70.6 Å². The fourth-order valence-corrected chi connectivity index (χ4v) is 4.38. The minimum atomic E-state index is -3.69. The highest BCUT2D eigenvalue weighted by molar-refractivity contribution is 9.10. The third kappa shape index (κ3) is 3.34. The largest absolute Gasteiger partial charge is 0.497 e. The third-order valence-electron chi connectivity index (χ3n) is 3.06. The summed E-state index contributed by atoms with van der Waals surface area (Å²) >= 11 is 3.30. The van der Waals surface area contributed by atoms with Crippen LogP contribution in [0.4, 0.5) is 5.69 Å². The second-order valence-corrected chi connectivity index (χ2v) is 7.14. The highest BCUT2D eigenvalue weighted by atomic mass is 79.9. The van der Waals surface area contributed by atoms with Gasteiger partial charge >= 0.3 is 0 Å². The zero-order valence-corrected chi connectivity index (χ0v) is 14.5.